The van der Waals surface area contributed by atoms with Gasteiger partial charge in [0.2, 0.25) is 0 Å². The maximum atomic E-state index is 12.8. The highest BCUT2D eigenvalue weighted by Crippen LogP contribution is 2.14. The van der Waals surface area contributed by atoms with E-state index in [0.29, 0.717) is 5.56 Å². The van der Waals surface area contributed by atoms with Crippen molar-refractivity contribution in [3.8, 4) is 0 Å². The number of ether oxygens (including phenoxy) is 1. The summed E-state index contributed by atoms with van der Waals surface area (Å²) in [5.74, 6) is -2.24. The molecule has 6 heteroatoms. The molecular formula is C14H16FNO4. The van der Waals surface area contributed by atoms with Gasteiger partial charge in [-0.05, 0) is 30.7 Å². The first kappa shape index (κ1) is 15.8. The Balaban J connectivity index is 2.99. The average molecular weight is 281 g/mol. The van der Waals surface area contributed by atoms with Crippen LogP contribution in [-0.2, 0) is 14.3 Å². The summed E-state index contributed by atoms with van der Waals surface area (Å²) in [6, 6.07) is 4.23. The summed E-state index contributed by atoms with van der Waals surface area (Å²) in [6.45, 7) is 1.81. The highest BCUT2D eigenvalue weighted by atomic mass is 19.1. The third-order valence-electron chi connectivity index (χ3n) is 2.51. The summed E-state index contributed by atoms with van der Waals surface area (Å²) in [7, 11) is 0. The van der Waals surface area contributed by atoms with E-state index >= 15 is 0 Å². The van der Waals surface area contributed by atoms with Gasteiger partial charge in [0.1, 0.15) is 11.9 Å². The smallest absolute Gasteiger partial charge is 0.334 e. The van der Waals surface area contributed by atoms with Crippen molar-refractivity contribution in [2.45, 2.75) is 19.4 Å². The molecule has 0 aliphatic carbocycles. The molecule has 1 rings (SSSR count). The van der Waals surface area contributed by atoms with E-state index in [1.54, 1.807) is 6.92 Å². The van der Waals surface area contributed by atoms with Crippen LogP contribution < -0.4 is 5.73 Å². The minimum absolute atomic E-state index is 0.133. The van der Waals surface area contributed by atoms with Crippen LogP contribution in [0.2, 0.25) is 0 Å². The largest absolute Gasteiger partial charge is 0.480 e. The van der Waals surface area contributed by atoms with E-state index in [9.17, 15) is 14.0 Å². The van der Waals surface area contributed by atoms with Gasteiger partial charge in [0.25, 0.3) is 0 Å². The minimum atomic E-state index is -1.21. The second-order valence-electron chi connectivity index (χ2n) is 4.09. The minimum Gasteiger partial charge on any atom is -0.480 e. The number of esters is 1. The molecule has 0 bridgehead atoms. The molecule has 0 heterocycles. The van der Waals surface area contributed by atoms with Crippen molar-refractivity contribution in [1.82, 2.24) is 0 Å². The maximum absolute atomic E-state index is 12.8. The summed E-state index contributed by atoms with van der Waals surface area (Å²) in [5.41, 5.74) is 6.12. The van der Waals surface area contributed by atoms with Crippen LogP contribution in [0.5, 0.6) is 0 Å². The molecule has 108 valence electrons. The first-order valence-electron chi connectivity index (χ1n) is 6.05. The Morgan fingerprint density at radius 1 is 1.40 bits per heavy atom. The molecule has 0 amide bonds. The number of halogens is 1. The molecule has 1 aromatic carbocycles. The molecule has 20 heavy (non-hydrogen) atoms. The molecule has 0 unspecified atom stereocenters. The van der Waals surface area contributed by atoms with Gasteiger partial charge in [0.05, 0.1) is 6.61 Å². The molecule has 0 fully saturated rings. The SMILES string of the molecule is CCOC(=O)/C(=C/c1ccc(F)cc1)C[C@@H](N)C(=O)O. The van der Waals surface area contributed by atoms with E-state index in [1.807, 2.05) is 0 Å². The third kappa shape index (κ3) is 4.81. The van der Waals surface area contributed by atoms with Crippen molar-refractivity contribution < 1.29 is 23.8 Å². The van der Waals surface area contributed by atoms with Gasteiger partial charge >= 0.3 is 11.9 Å². The predicted molar refractivity (Wildman–Crippen MR) is 71.2 cm³/mol. The molecule has 3 N–H and O–H groups in total. The number of benzene rings is 1. The van der Waals surface area contributed by atoms with Crippen LogP contribution in [0.4, 0.5) is 4.39 Å². The molecule has 1 atom stereocenters. The van der Waals surface area contributed by atoms with E-state index in [4.69, 9.17) is 15.6 Å². The summed E-state index contributed by atoms with van der Waals surface area (Å²) in [4.78, 5) is 22.5. The lowest BCUT2D eigenvalue weighted by atomic mass is 10.0. The summed E-state index contributed by atoms with van der Waals surface area (Å²) < 4.78 is 17.7. The van der Waals surface area contributed by atoms with E-state index in [-0.39, 0.29) is 18.6 Å². The van der Waals surface area contributed by atoms with Crippen LogP contribution in [0, 0.1) is 5.82 Å². The number of rotatable bonds is 6. The Bertz CT molecular complexity index is 510. The van der Waals surface area contributed by atoms with Gasteiger partial charge in [-0.1, -0.05) is 12.1 Å². The zero-order valence-electron chi connectivity index (χ0n) is 11.0. The average Bonchev–Trinajstić information content (AvgIpc) is 2.40. The van der Waals surface area contributed by atoms with Crippen molar-refractivity contribution in [2.75, 3.05) is 6.61 Å². The van der Waals surface area contributed by atoms with Crippen LogP contribution >= 0.6 is 0 Å². The lowest BCUT2D eigenvalue weighted by Crippen LogP contribution is -2.31. The Labute approximate surface area is 115 Å². The highest BCUT2D eigenvalue weighted by molar-refractivity contribution is 5.94. The van der Waals surface area contributed by atoms with Crippen LogP contribution in [-0.4, -0.2) is 29.7 Å². The summed E-state index contributed by atoms with van der Waals surface area (Å²) >= 11 is 0. The molecule has 0 saturated carbocycles. The molecule has 0 aromatic heterocycles. The Kier molecular flexibility index (Phi) is 5.86. The van der Waals surface area contributed by atoms with Crippen molar-refractivity contribution in [3.63, 3.8) is 0 Å². The molecule has 0 radical (unpaired) electrons. The summed E-state index contributed by atoms with van der Waals surface area (Å²) in [6.07, 6.45) is 1.28. The second kappa shape index (κ2) is 7.40. The van der Waals surface area contributed by atoms with Crippen molar-refractivity contribution in [3.05, 3.63) is 41.2 Å². The van der Waals surface area contributed by atoms with Crippen molar-refractivity contribution in [1.29, 1.82) is 0 Å². The van der Waals surface area contributed by atoms with Gasteiger partial charge in [-0.15, -0.1) is 0 Å². The predicted octanol–water partition coefficient (Wildman–Crippen LogP) is 1.57. The quantitative estimate of drug-likeness (QED) is 0.610. The molecule has 0 aliphatic rings. The Morgan fingerprint density at radius 3 is 2.50 bits per heavy atom. The number of carboxylic acid groups (broad SMARTS) is 1. The van der Waals surface area contributed by atoms with E-state index in [2.05, 4.69) is 0 Å². The van der Waals surface area contributed by atoms with Crippen LogP contribution in [0.15, 0.2) is 29.8 Å². The standard InChI is InChI=1S/C14H16FNO4/c1-2-20-14(19)10(8-12(16)13(17)18)7-9-3-5-11(15)6-4-9/h3-7,12H,2,8,16H2,1H3,(H,17,18)/b10-7+/t12-/m1/s1. The fourth-order valence-electron chi connectivity index (χ4n) is 1.51. The van der Waals surface area contributed by atoms with E-state index < -0.39 is 23.8 Å². The van der Waals surface area contributed by atoms with Gasteiger partial charge in [-0.2, -0.15) is 0 Å². The van der Waals surface area contributed by atoms with Gasteiger partial charge in [0, 0.05) is 12.0 Å². The lowest BCUT2D eigenvalue weighted by Gasteiger charge is -2.10. The number of hydrogen-bond acceptors (Lipinski definition) is 4. The third-order valence-corrected chi connectivity index (χ3v) is 2.51. The number of aliphatic carboxylic acids is 1. The monoisotopic (exact) mass is 281 g/mol. The van der Waals surface area contributed by atoms with Crippen molar-refractivity contribution in [2.24, 2.45) is 5.73 Å². The number of carbonyl (C=O) groups is 2. The Hall–Kier alpha value is -2.21. The van der Waals surface area contributed by atoms with Crippen LogP contribution in [0.3, 0.4) is 0 Å². The number of hydrogen-bond donors (Lipinski definition) is 2. The second-order valence-corrected chi connectivity index (χ2v) is 4.09. The molecule has 1 aromatic rings. The highest BCUT2D eigenvalue weighted by Gasteiger charge is 2.19. The van der Waals surface area contributed by atoms with E-state index in [0.717, 1.165) is 0 Å². The maximum Gasteiger partial charge on any atom is 0.334 e. The van der Waals surface area contributed by atoms with Gasteiger partial charge in [0.15, 0.2) is 0 Å². The fourth-order valence-corrected chi connectivity index (χ4v) is 1.51. The lowest BCUT2D eigenvalue weighted by molar-refractivity contribution is -0.139. The normalized spacial score (nSPS) is 12.8. The molecular weight excluding hydrogens is 265 g/mol. The van der Waals surface area contributed by atoms with Gasteiger partial charge < -0.3 is 15.6 Å². The molecule has 0 spiro atoms. The van der Waals surface area contributed by atoms with Crippen LogP contribution in [0.1, 0.15) is 18.9 Å². The van der Waals surface area contributed by atoms with Crippen LogP contribution in [0.25, 0.3) is 6.08 Å². The van der Waals surface area contributed by atoms with Crippen molar-refractivity contribution >= 4 is 18.0 Å². The number of nitrogens with two attached hydrogens (primary N) is 1. The number of carbonyl (C=O) groups excluding carboxylic acids is 1. The summed E-state index contributed by atoms with van der Waals surface area (Å²) in [5, 5.41) is 8.79. The first-order chi connectivity index (χ1) is 9.43. The first-order valence-corrected chi connectivity index (χ1v) is 6.05. The van der Waals surface area contributed by atoms with Gasteiger partial charge in [-0.25, -0.2) is 9.18 Å². The fraction of sp³-hybridized carbons (Fsp3) is 0.286. The molecule has 0 aliphatic heterocycles. The van der Waals surface area contributed by atoms with Gasteiger partial charge in [-0.3, -0.25) is 4.79 Å². The molecule has 5 nitrogen and oxygen atoms in total. The zero-order chi connectivity index (χ0) is 15.1. The zero-order valence-corrected chi connectivity index (χ0v) is 11.0. The van der Waals surface area contributed by atoms with E-state index in [1.165, 1.54) is 30.3 Å². The number of carboxylic acids is 1. The topological polar surface area (TPSA) is 89.6 Å². The Morgan fingerprint density at radius 2 is 2.00 bits per heavy atom. The molecule has 0 saturated heterocycles.